The molecule has 6 aromatic carbocycles. The summed E-state index contributed by atoms with van der Waals surface area (Å²) >= 11 is 0. The number of para-hydroxylation sites is 2. The first-order valence-corrected chi connectivity index (χ1v) is 20.7. The van der Waals surface area contributed by atoms with E-state index in [0.717, 1.165) is 53.3 Å². The van der Waals surface area contributed by atoms with Crippen LogP contribution in [0.3, 0.4) is 0 Å². The molecule has 1 aliphatic heterocycles. The molecular formula is C50H51N5O6. The normalized spacial score (nSPS) is 13.1. The van der Waals surface area contributed by atoms with Gasteiger partial charge in [-0.05, 0) is 72.9 Å². The highest BCUT2D eigenvalue weighted by molar-refractivity contribution is 6.04. The maximum atomic E-state index is 14.5. The number of ketones is 1. The summed E-state index contributed by atoms with van der Waals surface area (Å²) in [4.78, 5) is 45.0. The van der Waals surface area contributed by atoms with Crippen LogP contribution in [0, 0.1) is 0 Å². The number of ether oxygens (including phenoxy) is 1. The Labute approximate surface area is 356 Å². The van der Waals surface area contributed by atoms with E-state index in [2.05, 4.69) is 15.6 Å². The second-order valence-corrected chi connectivity index (χ2v) is 14.9. The molecule has 61 heavy (non-hydrogen) atoms. The van der Waals surface area contributed by atoms with Gasteiger partial charge in [0.25, 0.3) is 5.91 Å². The number of nitrogens with one attached hydrogen (secondary N) is 2. The Kier molecular flexibility index (Phi) is 14.2. The lowest BCUT2D eigenvalue weighted by atomic mass is 10.00. The van der Waals surface area contributed by atoms with Gasteiger partial charge >= 0.3 is 6.09 Å². The summed E-state index contributed by atoms with van der Waals surface area (Å²) in [5.74, 6) is -0.857. The van der Waals surface area contributed by atoms with E-state index in [-0.39, 0.29) is 42.4 Å². The number of piperidine rings is 1. The van der Waals surface area contributed by atoms with Crippen LogP contribution in [0.2, 0.25) is 0 Å². The maximum Gasteiger partial charge on any atom is 0.419 e. The number of amides is 2. The number of rotatable bonds is 16. The predicted octanol–water partition coefficient (Wildman–Crippen LogP) is 8.81. The fourth-order valence-corrected chi connectivity index (χ4v) is 7.55. The molecule has 0 unspecified atom stereocenters. The summed E-state index contributed by atoms with van der Waals surface area (Å²) in [5, 5.41) is 24.1. The number of carbonyl (C=O) groups excluding carboxylic acids is 3. The average Bonchev–Trinajstić information content (AvgIpc) is 3.30. The van der Waals surface area contributed by atoms with E-state index in [1.54, 1.807) is 35.2 Å². The van der Waals surface area contributed by atoms with E-state index in [1.807, 2.05) is 116 Å². The third kappa shape index (κ3) is 10.7. The zero-order valence-electron chi connectivity index (χ0n) is 34.2. The fourth-order valence-electron chi connectivity index (χ4n) is 7.55. The number of hydrogen-bond donors (Lipinski definition) is 4. The van der Waals surface area contributed by atoms with E-state index in [1.165, 1.54) is 17.1 Å². The van der Waals surface area contributed by atoms with E-state index < -0.39 is 6.09 Å². The van der Waals surface area contributed by atoms with Crippen LogP contribution in [-0.4, -0.2) is 83.3 Å². The molecule has 2 amide bonds. The first-order valence-electron chi connectivity index (χ1n) is 20.7. The van der Waals surface area contributed by atoms with Gasteiger partial charge in [-0.15, -0.1) is 0 Å². The second kappa shape index (κ2) is 20.5. The lowest BCUT2D eigenvalue weighted by Gasteiger charge is -2.34. The first kappa shape index (κ1) is 42.3. The van der Waals surface area contributed by atoms with E-state index in [9.17, 15) is 24.6 Å². The number of hydrazine groups is 1. The highest BCUT2D eigenvalue weighted by Gasteiger charge is 2.29. The van der Waals surface area contributed by atoms with Gasteiger partial charge in [-0.25, -0.2) is 15.1 Å². The lowest BCUT2D eigenvalue weighted by molar-refractivity contribution is 0.0565. The quantitative estimate of drug-likeness (QED) is 0.0327. The Balaban J connectivity index is 0.927. The van der Waals surface area contributed by atoms with Crippen LogP contribution < -0.4 is 15.6 Å². The molecule has 11 nitrogen and oxygen atoms in total. The van der Waals surface area contributed by atoms with Crippen molar-refractivity contribution in [2.24, 2.45) is 0 Å². The second-order valence-electron chi connectivity index (χ2n) is 14.9. The van der Waals surface area contributed by atoms with Gasteiger partial charge in [-0.3, -0.25) is 14.6 Å². The largest absolute Gasteiger partial charge is 0.504 e. The van der Waals surface area contributed by atoms with E-state index in [0.29, 0.717) is 42.6 Å². The summed E-state index contributed by atoms with van der Waals surface area (Å²) in [5.41, 5.74) is 9.88. The van der Waals surface area contributed by atoms with Crippen LogP contribution in [0.25, 0.3) is 22.3 Å². The van der Waals surface area contributed by atoms with Gasteiger partial charge in [0.2, 0.25) is 0 Å². The topological polar surface area (TPSA) is 135 Å². The minimum absolute atomic E-state index is 0.122. The van der Waals surface area contributed by atoms with Gasteiger partial charge in [-0.2, -0.15) is 0 Å². The van der Waals surface area contributed by atoms with Crippen molar-refractivity contribution < 1.29 is 29.3 Å². The SMILES string of the molecule is CCN(NCc1ccc(O)c(O)c1)C(=O)c1cccc(C(=O)CNCCN2CCC(OC(=O)N(c3ccccc3-c3ccccc3)c3ccccc3-c3ccccc3)CC2)c1. The van der Waals surface area contributed by atoms with Crippen molar-refractivity contribution >= 4 is 29.2 Å². The molecule has 0 spiro atoms. The highest BCUT2D eigenvalue weighted by atomic mass is 16.6. The predicted molar refractivity (Wildman–Crippen MR) is 239 cm³/mol. The fraction of sp³-hybridized carbons (Fsp3) is 0.220. The number of carbonyl (C=O) groups is 3. The van der Waals surface area contributed by atoms with Gasteiger partial charge in [0.15, 0.2) is 17.3 Å². The monoisotopic (exact) mass is 817 g/mol. The van der Waals surface area contributed by atoms with E-state index in [4.69, 9.17) is 4.74 Å². The molecule has 312 valence electrons. The van der Waals surface area contributed by atoms with E-state index >= 15 is 0 Å². The number of phenols is 2. The van der Waals surface area contributed by atoms with Crippen molar-refractivity contribution in [3.8, 4) is 33.8 Å². The maximum absolute atomic E-state index is 14.5. The Morgan fingerprint density at radius 3 is 1.89 bits per heavy atom. The van der Waals surface area contributed by atoms with Crippen LogP contribution >= 0.6 is 0 Å². The van der Waals surface area contributed by atoms with Gasteiger partial charge < -0.3 is 25.2 Å². The average molecular weight is 818 g/mol. The third-order valence-electron chi connectivity index (χ3n) is 10.8. The van der Waals surface area contributed by atoms with Gasteiger partial charge in [-0.1, -0.05) is 115 Å². The summed E-state index contributed by atoms with van der Waals surface area (Å²) in [6.07, 6.45) is 0.677. The molecule has 0 aliphatic carbocycles. The Morgan fingerprint density at radius 2 is 1.28 bits per heavy atom. The van der Waals surface area contributed by atoms with Crippen molar-refractivity contribution in [2.45, 2.75) is 32.4 Å². The standard InChI is InChI=1S/C50H51N5O6/c1-2-54(52-34-36-24-25-46(56)47(57)32-36)49(59)40-19-13-18-39(33-40)48(58)35-51-28-31-53-29-26-41(27-30-53)61-50(60)55(44-22-11-9-20-42(44)37-14-5-3-6-15-37)45-23-12-10-21-43(45)38-16-7-4-8-17-38/h3-25,32-33,41,51-52,56-57H,2,26-31,34-35H2,1H3. The molecule has 0 saturated carbocycles. The highest BCUT2D eigenvalue weighted by Crippen LogP contribution is 2.40. The van der Waals surface area contributed by atoms with Crippen molar-refractivity contribution in [3.63, 3.8) is 0 Å². The smallest absolute Gasteiger partial charge is 0.419 e. The Hall–Kier alpha value is -6.79. The minimum atomic E-state index is -0.426. The molecule has 1 heterocycles. The number of Topliss-reactive ketones (excluding diaryl/α,β-unsaturated/α-hetero) is 1. The third-order valence-corrected chi connectivity index (χ3v) is 10.8. The van der Waals surface area contributed by atoms with Crippen molar-refractivity contribution in [2.75, 3.05) is 44.2 Å². The van der Waals surface area contributed by atoms with Crippen LogP contribution in [0.1, 0.15) is 46.0 Å². The molecule has 0 atom stereocenters. The zero-order valence-corrected chi connectivity index (χ0v) is 34.2. The molecule has 6 aromatic rings. The summed E-state index contributed by atoms with van der Waals surface area (Å²) < 4.78 is 6.34. The Morgan fingerprint density at radius 1 is 0.689 bits per heavy atom. The Bertz CT molecular complexity index is 2340. The molecule has 11 heteroatoms. The summed E-state index contributed by atoms with van der Waals surface area (Å²) in [6, 6.07) is 47.2. The van der Waals surface area contributed by atoms with Crippen LogP contribution in [0.5, 0.6) is 11.5 Å². The molecule has 0 radical (unpaired) electrons. The molecule has 0 aromatic heterocycles. The van der Waals surface area contributed by atoms with Crippen molar-refractivity contribution in [1.29, 1.82) is 0 Å². The van der Waals surface area contributed by atoms with Crippen LogP contribution in [0.15, 0.2) is 152 Å². The number of anilines is 2. The first-order chi connectivity index (χ1) is 29.8. The van der Waals surface area contributed by atoms with Crippen LogP contribution in [-0.2, 0) is 11.3 Å². The summed E-state index contributed by atoms with van der Waals surface area (Å²) in [6.45, 7) is 5.39. The molecule has 4 N–H and O–H groups in total. The molecule has 0 bridgehead atoms. The van der Waals surface area contributed by atoms with Crippen molar-refractivity contribution in [3.05, 3.63) is 168 Å². The number of hydrogen-bond acceptors (Lipinski definition) is 9. The molecule has 7 rings (SSSR count). The molecule has 1 aliphatic rings. The van der Waals surface area contributed by atoms with Gasteiger partial charge in [0, 0.05) is 61.5 Å². The molecular weight excluding hydrogens is 767 g/mol. The number of likely N-dealkylation sites (tertiary alicyclic amines) is 1. The van der Waals surface area contributed by atoms with Crippen LogP contribution in [0.4, 0.5) is 16.2 Å². The van der Waals surface area contributed by atoms with Gasteiger partial charge in [0.1, 0.15) is 6.10 Å². The summed E-state index contributed by atoms with van der Waals surface area (Å²) in [7, 11) is 0. The number of aromatic hydroxyl groups is 2. The molecule has 1 saturated heterocycles. The van der Waals surface area contributed by atoms with Gasteiger partial charge in [0.05, 0.1) is 17.9 Å². The number of benzene rings is 6. The minimum Gasteiger partial charge on any atom is -0.504 e. The van der Waals surface area contributed by atoms with Crippen molar-refractivity contribution in [1.82, 2.24) is 20.7 Å². The molecule has 1 fully saturated rings. The number of nitrogens with zero attached hydrogens (tertiary/aromatic N) is 3. The lowest BCUT2D eigenvalue weighted by Crippen LogP contribution is -2.42. The number of phenolic OH excluding ortho intramolecular Hbond substituents is 2. The zero-order chi connectivity index (χ0) is 42.6.